The van der Waals surface area contributed by atoms with Crippen LogP contribution in [0.3, 0.4) is 0 Å². The maximum atomic E-state index is 14.9. The predicted octanol–water partition coefficient (Wildman–Crippen LogP) is 6.02. The summed E-state index contributed by atoms with van der Waals surface area (Å²) in [6.07, 6.45) is -5.35. The Morgan fingerprint density at radius 1 is 1.15 bits per heavy atom. The van der Waals surface area contributed by atoms with Crippen LogP contribution in [0.15, 0.2) is 41.4 Å². The van der Waals surface area contributed by atoms with Crippen molar-refractivity contribution >= 4 is 34.9 Å². The first-order valence-corrected chi connectivity index (χ1v) is 10.5. The summed E-state index contributed by atoms with van der Waals surface area (Å²) in [7, 11) is 1.35. The van der Waals surface area contributed by atoms with Crippen molar-refractivity contribution in [1.82, 2.24) is 4.90 Å². The number of halogens is 7. The van der Waals surface area contributed by atoms with Crippen molar-refractivity contribution in [1.29, 1.82) is 0 Å². The summed E-state index contributed by atoms with van der Waals surface area (Å²) >= 11 is 11.5. The molecule has 2 amide bonds. The maximum Gasteiger partial charge on any atom is 0.398 e. The van der Waals surface area contributed by atoms with Gasteiger partial charge in [-0.1, -0.05) is 47.5 Å². The molecule has 4 nitrogen and oxygen atoms in total. The number of nitrogens with zero attached hydrogens (tertiary/aromatic N) is 2. The van der Waals surface area contributed by atoms with Crippen LogP contribution in [0.2, 0.25) is 10.0 Å². The van der Waals surface area contributed by atoms with Crippen LogP contribution < -0.4 is 5.73 Å². The van der Waals surface area contributed by atoms with Gasteiger partial charge < -0.3 is 10.6 Å². The van der Waals surface area contributed by atoms with Crippen molar-refractivity contribution < 1.29 is 26.7 Å². The largest absolute Gasteiger partial charge is 0.398 e. The lowest BCUT2D eigenvalue weighted by Gasteiger charge is -2.43. The molecule has 178 valence electrons. The Balaban J connectivity index is 1.91. The van der Waals surface area contributed by atoms with Crippen LogP contribution in [-0.2, 0) is 11.1 Å². The van der Waals surface area contributed by atoms with Crippen LogP contribution in [0.1, 0.15) is 30.0 Å². The fourth-order valence-electron chi connectivity index (χ4n) is 3.74. The highest BCUT2D eigenvalue weighted by atomic mass is 35.5. The highest BCUT2D eigenvalue weighted by Crippen LogP contribution is 2.46. The monoisotopic (exact) mass is 507 g/mol. The Morgan fingerprint density at radius 2 is 1.67 bits per heavy atom. The molecule has 1 aliphatic rings. The van der Waals surface area contributed by atoms with Gasteiger partial charge >= 0.3 is 12.2 Å². The van der Waals surface area contributed by atoms with Crippen molar-refractivity contribution in [2.45, 2.75) is 30.6 Å². The number of alkyl halides is 4. The average molecular weight is 508 g/mol. The lowest BCUT2D eigenvalue weighted by Crippen LogP contribution is -2.60. The Morgan fingerprint density at radius 3 is 2.09 bits per heavy atom. The van der Waals surface area contributed by atoms with E-state index in [-0.39, 0.29) is 29.9 Å². The minimum absolute atomic E-state index is 0.0956. The number of likely N-dealkylation sites (tertiary alicyclic amines) is 1. The molecular weight excluding hydrogens is 488 g/mol. The molecule has 0 bridgehead atoms. The number of aliphatic imine (C=N–C) groups is 1. The summed E-state index contributed by atoms with van der Waals surface area (Å²) in [5.74, 6) is -1.00. The van der Waals surface area contributed by atoms with Gasteiger partial charge in [-0.25, -0.2) is 13.6 Å². The number of benzene rings is 2. The summed E-state index contributed by atoms with van der Waals surface area (Å²) < 4.78 is 71.4. The van der Waals surface area contributed by atoms with E-state index in [9.17, 15) is 26.7 Å². The first-order valence-electron chi connectivity index (χ1n) is 9.73. The molecule has 1 atom stereocenters. The molecule has 3 rings (SSSR count). The lowest BCUT2D eigenvalue weighted by molar-refractivity contribution is -0.183. The van der Waals surface area contributed by atoms with Crippen LogP contribution >= 0.6 is 23.2 Å². The highest BCUT2D eigenvalue weighted by Gasteiger charge is 2.53. The standard InChI is InChI=1S/C22H20Cl2F5N3O/c1-20(22(27,28)29,14-7-15(23)18(25)16(24)8-14)9-17(31-2)12-3-5-13(6-4-12)21(26)10-32(11-21)19(30)33/h3-8H,9-11H2,1-2H3,(H2,30,33)/b31-17+. The van der Waals surface area contributed by atoms with Crippen LogP contribution in [-0.4, -0.2) is 43.0 Å². The zero-order valence-electron chi connectivity index (χ0n) is 17.6. The quantitative estimate of drug-likeness (QED) is 0.300. The van der Waals surface area contributed by atoms with Crippen LogP contribution in [0, 0.1) is 5.82 Å². The van der Waals surface area contributed by atoms with Crippen LogP contribution in [0.4, 0.5) is 26.7 Å². The minimum Gasteiger partial charge on any atom is -0.351 e. The number of hydrogen-bond donors (Lipinski definition) is 1. The highest BCUT2D eigenvalue weighted by molar-refractivity contribution is 6.35. The third kappa shape index (κ3) is 4.66. The van der Waals surface area contributed by atoms with E-state index in [4.69, 9.17) is 28.9 Å². The van der Waals surface area contributed by atoms with Crippen molar-refractivity contribution in [2.75, 3.05) is 20.1 Å². The SMILES string of the molecule is C/N=C(\CC(C)(c1cc(Cl)c(F)c(Cl)c1)C(F)(F)F)c1ccc(C2(F)CN(C(N)=O)C2)cc1. The average Bonchev–Trinajstić information content (AvgIpc) is 2.72. The second kappa shape index (κ2) is 8.76. The molecule has 1 unspecified atom stereocenters. The van der Waals surface area contributed by atoms with Crippen molar-refractivity contribution in [3.63, 3.8) is 0 Å². The number of carbonyl (C=O) groups excluding carboxylic acids is 1. The third-order valence-corrected chi connectivity index (χ3v) is 6.52. The van der Waals surface area contributed by atoms with Crippen molar-refractivity contribution in [3.8, 4) is 0 Å². The van der Waals surface area contributed by atoms with E-state index in [1.165, 1.54) is 31.3 Å². The molecule has 33 heavy (non-hydrogen) atoms. The zero-order chi connectivity index (χ0) is 24.8. The van der Waals surface area contributed by atoms with Gasteiger partial charge in [0.2, 0.25) is 0 Å². The lowest BCUT2D eigenvalue weighted by atomic mass is 9.76. The number of amides is 2. The zero-order valence-corrected chi connectivity index (χ0v) is 19.1. The number of nitrogens with two attached hydrogens (primary N) is 1. The molecule has 2 aromatic carbocycles. The predicted molar refractivity (Wildman–Crippen MR) is 117 cm³/mol. The molecule has 0 saturated carbocycles. The number of hydrogen-bond acceptors (Lipinski definition) is 2. The topological polar surface area (TPSA) is 58.7 Å². The number of carbonyl (C=O) groups is 1. The summed E-state index contributed by atoms with van der Waals surface area (Å²) in [5, 5.41) is -1.04. The first kappa shape index (κ1) is 25.2. The van der Waals surface area contributed by atoms with Gasteiger partial charge in [0.25, 0.3) is 0 Å². The van der Waals surface area contributed by atoms with Gasteiger partial charge in [-0.2, -0.15) is 13.2 Å². The van der Waals surface area contributed by atoms with E-state index in [2.05, 4.69) is 4.99 Å². The van der Waals surface area contributed by atoms with E-state index < -0.39 is 45.6 Å². The summed E-state index contributed by atoms with van der Waals surface area (Å²) in [4.78, 5) is 16.3. The summed E-state index contributed by atoms with van der Waals surface area (Å²) in [6, 6.07) is 6.89. The first-order chi connectivity index (χ1) is 15.2. The molecule has 1 fully saturated rings. The number of urea groups is 1. The van der Waals surface area contributed by atoms with Gasteiger partial charge in [-0.3, -0.25) is 4.99 Å². The molecular formula is C22H20Cl2F5N3O. The van der Waals surface area contributed by atoms with Crippen molar-refractivity contribution in [2.24, 2.45) is 10.7 Å². The normalized spacial score (nSPS) is 18.0. The Labute approximate surface area is 197 Å². The Kier molecular flexibility index (Phi) is 6.70. The van der Waals surface area contributed by atoms with E-state index in [1.54, 1.807) is 0 Å². The number of primary amides is 1. The van der Waals surface area contributed by atoms with Crippen LogP contribution in [0.25, 0.3) is 0 Å². The second-order valence-corrected chi connectivity index (χ2v) is 8.98. The van der Waals surface area contributed by atoms with E-state index in [0.29, 0.717) is 5.56 Å². The maximum absolute atomic E-state index is 14.9. The van der Waals surface area contributed by atoms with E-state index in [0.717, 1.165) is 24.0 Å². The smallest absolute Gasteiger partial charge is 0.351 e. The molecule has 0 aromatic heterocycles. The Bertz CT molecular complexity index is 1080. The molecule has 11 heteroatoms. The van der Waals surface area contributed by atoms with Crippen molar-refractivity contribution in [3.05, 3.63) is 69.0 Å². The van der Waals surface area contributed by atoms with E-state index >= 15 is 0 Å². The van der Waals surface area contributed by atoms with Gasteiger partial charge in [0, 0.05) is 19.2 Å². The summed E-state index contributed by atoms with van der Waals surface area (Å²) in [6.45, 7) is 0.555. The molecule has 1 heterocycles. The van der Waals surface area contributed by atoms with Crippen LogP contribution in [0.5, 0.6) is 0 Å². The number of rotatable bonds is 5. The molecule has 0 radical (unpaired) electrons. The molecule has 1 saturated heterocycles. The second-order valence-electron chi connectivity index (χ2n) is 8.17. The van der Waals surface area contributed by atoms with Gasteiger partial charge in [-0.15, -0.1) is 0 Å². The fourth-order valence-corrected chi connectivity index (χ4v) is 4.23. The molecule has 2 aromatic rings. The minimum atomic E-state index is -4.75. The van der Waals surface area contributed by atoms with Gasteiger partial charge in [0.15, 0.2) is 11.5 Å². The van der Waals surface area contributed by atoms with E-state index in [1.807, 2.05) is 0 Å². The Hall–Kier alpha value is -2.39. The summed E-state index contributed by atoms with van der Waals surface area (Å²) in [5.41, 5.74) is 1.27. The fraction of sp³-hybridized carbons (Fsp3) is 0.364. The molecule has 0 spiro atoms. The van der Waals surface area contributed by atoms with Gasteiger partial charge in [0.1, 0.15) is 0 Å². The third-order valence-electron chi connectivity index (χ3n) is 5.97. The molecule has 0 aliphatic carbocycles. The molecule has 2 N–H and O–H groups in total. The van der Waals surface area contributed by atoms with Gasteiger partial charge in [-0.05, 0) is 35.7 Å². The molecule has 1 aliphatic heterocycles. The van der Waals surface area contributed by atoms with Gasteiger partial charge in [0.05, 0.1) is 28.5 Å².